The van der Waals surface area contributed by atoms with Gasteiger partial charge in [0.25, 0.3) is 0 Å². The van der Waals surface area contributed by atoms with Crippen LogP contribution in [-0.4, -0.2) is 155 Å². The molecule has 0 spiro atoms. The zero-order valence-electron chi connectivity index (χ0n) is 30.3. The topological polar surface area (TPSA) is 254 Å². The molecule has 2 aliphatic heterocycles. The van der Waals surface area contributed by atoms with Gasteiger partial charge in [-0.25, -0.2) is 0 Å². The summed E-state index contributed by atoms with van der Waals surface area (Å²) in [6.45, 7) is 5.38. The van der Waals surface area contributed by atoms with Crippen LogP contribution in [0.25, 0.3) is 0 Å². The minimum Gasteiger partial charge on any atom is -0.381 e. The maximum atomic E-state index is 12.3. The van der Waals surface area contributed by atoms with Crippen molar-refractivity contribution in [1.29, 1.82) is 0 Å². The first-order valence-corrected chi connectivity index (χ1v) is 17.1. The van der Waals surface area contributed by atoms with Gasteiger partial charge in [0.2, 0.25) is 47.3 Å². The van der Waals surface area contributed by atoms with E-state index in [9.17, 15) is 43.2 Å². The van der Waals surface area contributed by atoms with Crippen molar-refractivity contribution in [3.8, 4) is 0 Å². The summed E-state index contributed by atoms with van der Waals surface area (Å²) in [6, 6.07) is -1.56. The molecule has 288 valence electrons. The fourth-order valence-corrected chi connectivity index (χ4v) is 4.93. The molecule has 2 rings (SSSR count). The van der Waals surface area contributed by atoms with Crippen LogP contribution >= 0.6 is 0 Å². The molecule has 0 radical (unpaired) electrons. The minimum atomic E-state index is -0.558. The number of hydrogen-bond donors (Lipinski definition) is 7. The number of ketones is 1. The highest BCUT2D eigenvalue weighted by molar-refractivity contribution is 6.06. The molecule has 2 atom stereocenters. The molecule has 0 aliphatic carbocycles. The molecule has 0 saturated carbocycles. The number of amides is 8. The highest BCUT2D eigenvalue weighted by Crippen LogP contribution is 2.13. The molecular weight excluding hydrogens is 670 g/mol. The van der Waals surface area contributed by atoms with E-state index in [1.165, 1.54) is 0 Å². The Bertz CT molecular complexity index is 1150. The van der Waals surface area contributed by atoms with E-state index < -0.39 is 18.1 Å². The Labute approximate surface area is 298 Å². The van der Waals surface area contributed by atoms with Crippen molar-refractivity contribution in [1.82, 2.24) is 47.0 Å². The van der Waals surface area contributed by atoms with Crippen LogP contribution < -0.4 is 37.2 Å². The average Bonchev–Trinajstić information content (AvgIpc) is 3.53. The summed E-state index contributed by atoms with van der Waals surface area (Å²) in [5.74, 6) is -2.52. The number of nitrogens with one attached hydrogen (secondary N) is 7. The van der Waals surface area contributed by atoms with E-state index in [-0.39, 0.29) is 131 Å². The van der Waals surface area contributed by atoms with Crippen LogP contribution in [0.4, 0.5) is 0 Å². The van der Waals surface area contributed by atoms with Gasteiger partial charge in [-0.1, -0.05) is 0 Å². The third kappa shape index (κ3) is 17.4. The zero-order valence-corrected chi connectivity index (χ0v) is 30.3. The van der Waals surface area contributed by atoms with Crippen molar-refractivity contribution < 1.29 is 47.9 Å². The SMILES string of the molecule is CCOCCC(C)=O.CNC(CC(=O)NCCNC(=O)CCN1C(=O)CC(NC)C1=O)CC(=O)NCCNC(=O)CCN1C(=O)CC(NC)C1=O. The molecular formula is C32H55N9O10. The number of imide groups is 2. The molecule has 7 N–H and O–H groups in total. The summed E-state index contributed by atoms with van der Waals surface area (Å²) in [5.41, 5.74) is 0. The number of Topliss-reactive ketones (excluding diaryl/α,β-unsaturated/α-hetero) is 1. The molecule has 2 aliphatic rings. The fourth-order valence-electron chi connectivity index (χ4n) is 4.93. The number of carbonyl (C=O) groups excluding carboxylic acids is 9. The lowest BCUT2D eigenvalue weighted by molar-refractivity contribution is -0.141. The summed E-state index contributed by atoms with van der Waals surface area (Å²) < 4.78 is 4.92. The van der Waals surface area contributed by atoms with Gasteiger partial charge in [0.1, 0.15) is 5.78 Å². The van der Waals surface area contributed by atoms with Crippen LogP contribution in [0.2, 0.25) is 0 Å². The van der Waals surface area contributed by atoms with Crippen LogP contribution in [0.1, 0.15) is 58.8 Å². The maximum Gasteiger partial charge on any atom is 0.246 e. The van der Waals surface area contributed by atoms with Gasteiger partial charge in [0.05, 0.1) is 31.5 Å². The lowest BCUT2D eigenvalue weighted by Gasteiger charge is -2.16. The van der Waals surface area contributed by atoms with Crippen molar-refractivity contribution in [3.63, 3.8) is 0 Å². The van der Waals surface area contributed by atoms with E-state index >= 15 is 0 Å². The molecule has 2 unspecified atom stereocenters. The largest absolute Gasteiger partial charge is 0.381 e. The first kappa shape index (κ1) is 44.7. The Hall–Kier alpha value is -4.33. The van der Waals surface area contributed by atoms with Crippen molar-refractivity contribution >= 4 is 53.0 Å². The standard InChI is InChI=1S/C26H43N9O8.C6H12O2/c1-27-16(12-21(38)32-8-6-30-19(36)4-10-34-23(40)14-17(28-2)25(34)42)13-22(39)33-9-7-31-20(37)5-11-35-24(41)15-18(29-3)26(35)43;1-3-8-5-4-6(2)7/h16-18,27-29H,4-15H2,1-3H3,(H,30,36)(H,31,37)(H,32,38)(H,33,39);3-5H2,1-2H3. The van der Waals surface area contributed by atoms with Crippen LogP contribution in [0.3, 0.4) is 0 Å². The molecule has 51 heavy (non-hydrogen) atoms. The first-order chi connectivity index (χ1) is 24.3. The van der Waals surface area contributed by atoms with Crippen molar-refractivity contribution in [2.75, 3.05) is 73.6 Å². The quantitative estimate of drug-likeness (QED) is 0.0396. The van der Waals surface area contributed by atoms with E-state index in [2.05, 4.69) is 37.2 Å². The first-order valence-electron chi connectivity index (χ1n) is 17.1. The average molecular weight is 726 g/mol. The second-order valence-corrected chi connectivity index (χ2v) is 11.8. The lowest BCUT2D eigenvalue weighted by atomic mass is 10.1. The number of likely N-dealkylation sites (N-methyl/N-ethyl adjacent to an activating group) is 2. The van der Waals surface area contributed by atoms with Gasteiger partial charge >= 0.3 is 0 Å². The number of ether oxygens (including phenoxy) is 1. The fraction of sp³-hybridized carbons (Fsp3) is 0.719. The molecule has 0 aromatic rings. The summed E-state index contributed by atoms with van der Waals surface area (Å²) in [6.07, 6.45) is 0.646. The normalized spacial score (nSPS) is 17.5. The number of hydrogen-bond acceptors (Lipinski definition) is 13. The monoisotopic (exact) mass is 725 g/mol. The Balaban J connectivity index is 0.00000144. The predicted molar refractivity (Wildman–Crippen MR) is 184 cm³/mol. The molecule has 0 bridgehead atoms. The van der Waals surface area contributed by atoms with Gasteiger partial charge in [-0.05, 0) is 35.0 Å². The molecule has 2 fully saturated rings. The summed E-state index contributed by atoms with van der Waals surface area (Å²) in [5, 5.41) is 19.0. The minimum absolute atomic E-state index is 0.00699. The Morgan fingerprint density at radius 2 is 1.06 bits per heavy atom. The maximum absolute atomic E-state index is 12.3. The number of rotatable bonds is 23. The van der Waals surface area contributed by atoms with Gasteiger partial charge in [-0.2, -0.15) is 0 Å². The van der Waals surface area contributed by atoms with Gasteiger partial charge in [-0.3, -0.25) is 53.0 Å². The Kier molecular flexibility index (Phi) is 21.7. The molecule has 19 nitrogen and oxygen atoms in total. The second kappa shape index (κ2) is 24.8. The Morgan fingerprint density at radius 3 is 1.37 bits per heavy atom. The van der Waals surface area contributed by atoms with E-state index in [0.717, 1.165) is 9.80 Å². The highest BCUT2D eigenvalue weighted by atomic mass is 16.5. The smallest absolute Gasteiger partial charge is 0.246 e. The van der Waals surface area contributed by atoms with Crippen LogP contribution in [0, 0.1) is 0 Å². The van der Waals surface area contributed by atoms with Crippen LogP contribution in [0.15, 0.2) is 0 Å². The zero-order chi connectivity index (χ0) is 38.3. The van der Waals surface area contributed by atoms with E-state index in [4.69, 9.17) is 4.74 Å². The molecule has 0 aromatic carbocycles. The lowest BCUT2D eigenvalue weighted by Crippen LogP contribution is -2.42. The molecule has 0 aromatic heterocycles. The van der Waals surface area contributed by atoms with E-state index in [0.29, 0.717) is 19.6 Å². The number of carbonyl (C=O) groups is 9. The van der Waals surface area contributed by atoms with Gasteiger partial charge in [-0.15, -0.1) is 0 Å². The van der Waals surface area contributed by atoms with Crippen LogP contribution in [-0.2, 0) is 47.9 Å². The molecule has 2 heterocycles. The van der Waals surface area contributed by atoms with Gasteiger partial charge in [0.15, 0.2) is 0 Å². The highest BCUT2D eigenvalue weighted by Gasteiger charge is 2.38. The number of nitrogens with zero attached hydrogens (tertiary/aromatic N) is 2. The summed E-state index contributed by atoms with van der Waals surface area (Å²) in [7, 11) is 4.80. The van der Waals surface area contributed by atoms with Gasteiger partial charge in [0, 0.05) is 84.0 Å². The van der Waals surface area contributed by atoms with Gasteiger partial charge < -0.3 is 42.0 Å². The Morgan fingerprint density at radius 1 is 0.667 bits per heavy atom. The summed E-state index contributed by atoms with van der Waals surface area (Å²) >= 11 is 0. The third-order valence-corrected chi connectivity index (χ3v) is 7.92. The molecule has 2 saturated heterocycles. The van der Waals surface area contributed by atoms with E-state index in [1.807, 2.05) is 6.92 Å². The molecule has 19 heteroatoms. The van der Waals surface area contributed by atoms with E-state index in [1.54, 1.807) is 28.1 Å². The second-order valence-electron chi connectivity index (χ2n) is 11.8. The third-order valence-electron chi connectivity index (χ3n) is 7.92. The number of likely N-dealkylation sites (tertiary alicyclic amines) is 2. The molecule has 8 amide bonds. The predicted octanol–water partition coefficient (Wildman–Crippen LogP) is -3.70. The van der Waals surface area contributed by atoms with Crippen molar-refractivity contribution in [2.45, 2.75) is 76.9 Å². The van der Waals surface area contributed by atoms with Crippen LogP contribution in [0.5, 0.6) is 0 Å². The van der Waals surface area contributed by atoms with Crippen molar-refractivity contribution in [2.24, 2.45) is 0 Å². The summed E-state index contributed by atoms with van der Waals surface area (Å²) in [4.78, 5) is 109. The van der Waals surface area contributed by atoms with Crippen molar-refractivity contribution in [3.05, 3.63) is 0 Å².